The van der Waals surface area contributed by atoms with Crippen LogP contribution in [0.3, 0.4) is 0 Å². The summed E-state index contributed by atoms with van der Waals surface area (Å²) in [4.78, 5) is 20.6. The molecule has 1 aliphatic heterocycles. The van der Waals surface area contributed by atoms with Gasteiger partial charge in [-0.3, -0.25) is 14.7 Å². The van der Waals surface area contributed by atoms with Crippen LogP contribution in [0.1, 0.15) is 22.8 Å². The molecule has 180 valence electrons. The number of amides is 1. The first kappa shape index (κ1) is 24.5. The molecule has 0 unspecified atom stereocenters. The summed E-state index contributed by atoms with van der Waals surface area (Å²) in [5.41, 5.74) is 6.60. The van der Waals surface area contributed by atoms with Crippen molar-refractivity contribution in [2.24, 2.45) is 0 Å². The molecule has 1 aromatic heterocycles. The van der Waals surface area contributed by atoms with Crippen LogP contribution < -0.4 is 5.32 Å². The quantitative estimate of drug-likeness (QED) is 0.539. The summed E-state index contributed by atoms with van der Waals surface area (Å²) in [6.45, 7) is 6.99. The topological polar surface area (TPSA) is 82.6 Å². The van der Waals surface area contributed by atoms with Crippen molar-refractivity contribution < 1.29 is 13.2 Å². The van der Waals surface area contributed by atoms with Crippen molar-refractivity contribution in [3.8, 4) is 21.6 Å². The third-order valence-electron chi connectivity index (χ3n) is 6.01. The number of benzene rings is 2. The molecule has 34 heavy (non-hydrogen) atoms. The lowest BCUT2D eigenvalue weighted by atomic mass is 9.98. The second kappa shape index (κ2) is 10.4. The predicted octanol–water partition coefficient (Wildman–Crippen LogP) is 3.48. The lowest BCUT2D eigenvalue weighted by Crippen LogP contribution is -2.51. The average molecular weight is 499 g/mol. The Morgan fingerprint density at radius 2 is 1.74 bits per heavy atom. The van der Waals surface area contributed by atoms with Gasteiger partial charge >= 0.3 is 0 Å². The minimum absolute atomic E-state index is 0.0767. The fraction of sp³-hybridized carbons (Fsp3) is 0.360. The van der Waals surface area contributed by atoms with E-state index in [9.17, 15) is 13.2 Å². The molecule has 0 saturated carbocycles. The van der Waals surface area contributed by atoms with Gasteiger partial charge in [-0.25, -0.2) is 8.42 Å². The molecule has 4 rings (SSSR count). The van der Waals surface area contributed by atoms with Crippen molar-refractivity contribution in [1.82, 2.24) is 19.5 Å². The van der Waals surface area contributed by atoms with E-state index in [1.165, 1.54) is 16.1 Å². The number of hydrogen-bond donors (Lipinski definition) is 1. The van der Waals surface area contributed by atoms with E-state index in [-0.39, 0.29) is 11.9 Å². The summed E-state index contributed by atoms with van der Waals surface area (Å²) >= 11 is 1.55. The zero-order valence-electron chi connectivity index (χ0n) is 19.7. The van der Waals surface area contributed by atoms with Crippen LogP contribution in [0.25, 0.3) is 21.6 Å². The number of thiazole rings is 1. The van der Waals surface area contributed by atoms with Gasteiger partial charge in [0.1, 0.15) is 0 Å². The van der Waals surface area contributed by atoms with Crippen LogP contribution in [0.5, 0.6) is 0 Å². The fourth-order valence-electron chi connectivity index (χ4n) is 4.16. The maximum atomic E-state index is 13.2. The SMILES string of the molecule is Cc1ccc(-c2cc(C(=O)N[C@H](C)CN3CCN(S(C)(=O)=O)CC3)cc(-c3cncs3)c2)cc1. The van der Waals surface area contributed by atoms with Gasteiger partial charge in [-0.15, -0.1) is 11.3 Å². The molecule has 0 spiro atoms. The molecule has 1 amide bonds. The van der Waals surface area contributed by atoms with Gasteiger partial charge in [-0.2, -0.15) is 4.31 Å². The Labute approximate surface area is 205 Å². The molecule has 1 N–H and O–H groups in total. The van der Waals surface area contributed by atoms with E-state index in [4.69, 9.17) is 0 Å². The molecule has 0 radical (unpaired) electrons. The molecule has 3 aromatic rings. The highest BCUT2D eigenvalue weighted by Crippen LogP contribution is 2.30. The van der Waals surface area contributed by atoms with E-state index >= 15 is 0 Å². The number of aromatic nitrogens is 1. The van der Waals surface area contributed by atoms with Crippen LogP contribution in [-0.4, -0.2) is 73.5 Å². The molecule has 2 heterocycles. The maximum Gasteiger partial charge on any atom is 0.251 e. The summed E-state index contributed by atoms with van der Waals surface area (Å²) < 4.78 is 25.0. The molecule has 1 fully saturated rings. The number of hydrogen-bond acceptors (Lipinski definition) is 6. The Morgan fingerprint density at radius 3 is 2.35 bits per heavy atom. The summed E-state index contributed by atoms with van der Waals surface area (Å²) in [5.74, 6) is -0.123. The van der Waals surface area contributed by atoms with Crippen LogP contribution in [0, 0.1) is 6.92 Å². The van der Waals surface area contributed by atoms with Crippen LogP contribution in [0.4, 0.5) is 0 Å². The van der Waals surface area contributed by atoms with Crippen molar-refractivity contribution in [2.75, 3.05) is 39.0 Å². The first-order valence-corrected chi connectivity index (χ1v) is 14.0. The fourth-order valence-corrected chi connectivity index (χ4v) is 5.59. The van der Waals surface area contributed by atoms with E-state index < -0.39 is 10.0 Å². The molecule has 2 aromatic carbocycles. The molecule has 7 nitrogen and oxygen atoms in total. The molecule has 0 aliphatic carbocycles. The third kappa shape index (κ3) is 6.09. The van der Waals surface area contributed by atoms with E-state index in [2.05, 4.69) is 52.5 Å². The number of nitrogens with one attached hydrogen (secondary N) is 1. The third-order valence-corrected chi connectivity index (χ3v) is 8.13. The van der Waals surface area contributed by atoms with Crippen molar-refractivity contribution >= 4 is 27.3 Å². The number of carbonyl (C=O) groups excluding carboxylic acids is 1. The minimum Gasteiger partial charge on any atom is -0.348 e. The molecule has 1 aliphatic rings. The average Bonchev–Trinajstić information content (AvgIpc) is 3.34. The number of nitrogens with zero attached hydrogens (tertiary/aromatic N) is 3. The van der Waals surface area contributed by atoms with Gasteiger partial charge in [0.05, 0.1) is 16.6 Å². The molecule has 1 atom stereocenters. The van der Waals surface area contributed by atoms with Gasteiger partial charge in [-0.1, -0.05) is 29.8 Å². The van der Waals surface area contributed by atoms with E-state index in [1.807, 2.05) is 25.3 Å². The standard InChI is InChI=1S/C25H30N4O3S2/c1-18-4-6-20(7-5-18)21-12-22(24-15-26-17-33-24)14-23(13-21)25(30)27-19(2)16-28-8-10-29(11-9-28)34(3,31)32/h4-7,12-15,17,19H,8-11,16H2,1-3H3,(H,27,30)/t19-/m1/s1. The molecule has 0 bridgehead atoms. The number of piperazine rings is 1. The van der Waals surface area contributed by atoms with Crippen LogP contribution in [-0.2, 0) is 10.0 Å². The van der Waals surface area contributed by atoms with E-state index in [0.717, 1.165) is 21.6 Å². The first-order chi connectivity index (χ1) is 16.2. The molecular weight excluding hydrogens is 468 g/mol. The van der Waals surface area contributed by atoms with E-state index in [1.54, 1.807) is 16.8 Å². The Bertz CT molecular complexity index is 1230. The van der Waals surface area contributed by atoms with Gasteiger partial charge < -0.3 is 5.32 Å². The predicted molar refractivity (Wildman–Crippen MR) is 138 cm³/mol. The normalized spacial score (nSPS) is 16.3. The van der Waals surface area contributed by atoms with Gasteiger partial charge in [0.25, 0.3) is 5.91 Å². The highest BCUT2D eigenvalue weighted by atomic mass is 32.2. The van der Waals surface area contributed by atoms with Gasteiger partial charge in [0.15, 0.2) is 0 Å². The smallest absolute Gasteiger partial charge is 0.251 e. The van der Waals surface area contributed by atoms with Crippen molar-refractivity contribution in [3.05, 3.63) is 65.3 Å². The Morgan fingerprint density at radius 1 is 1.06 bits per heavy atom. The largest absolute Gasteiger partial charge is 0.348 e. The van der Waals surface area contributed by atoms with Crippen LogP contribution >= 0.6 is 11.3 Å². The Kier molecular flexibility index (Phi) is 7.47. The van der Waals surface area contributed by atoms with Gasteiger partial charge in [-0.05, 0) is 48.7 Å². The Balaban J connectivity index is 1.48. The molecule has 1 saturated heterocycles. The van der Waals surface area contributed by atoms with Crippen LogP contribution in [0.2, 0.25) is 0 Å². The summed E-state index contributed by atoms with van der Waals surface area (Å²) in [6.07, 6.45) is 3.07. The zero-order valence-corrected chi connectivity index (χ0v) is 21.3. The van der Waals surface area contributed by atoms with Crippen LogP contribution in [0.15, 0.2) is 54.2 Å². The van der Waals surface area contributed by atoms with Crippen molar-refractivity contribution in [2.45, 2.75) is 19.9 Å². The van der Waals surface area contributed by atoms with Crippen molar-refractivity contribution in [3.63, 3.8) is 0 Å². The van der Waals surface area contributed by atoms with Gasteiger partial charge in [0, 0.05) is 50.5 Å². The minimum atomic E-state index is -3.15. The Hall–Kier alpha value is -2.59. The molecule has 9 heteroatoms. The van der Waals surface area contributed by atoms with E-state index in [0.29, 0.717) is 38.3 Å². The highest BCUT2D eigenvalue weighted by molar-refractivity contribution is 7.88. The summed E-state index contributed by atoms with van der Waals surface area (Å²) in [6, 6.07) is 14.1. The maximum absolute atomic E-state index is 13.2. The van der Waals surface area contributed by atoms with Crippen molar-refractivity contribution in [1.29, 1.82) is 0 Å². The number of aryl methyl sites for hydroxylation is 1. The number of rotatable bonds is 7. The summed E-state index contributed by atoms with van der Waals surface area (Å²) in [5, 5.41) is 3.12. The first-order valence-electron chi connectivity index (χ1n) is 11.3. The number of carbonyl (C=O) groups is 1. The summed E-state index contributed by atoms with van der Waals surface area (Å²) in [7, 11) is -3.15. The lowest BCUT2D eigenvalue weighted by molar-refractivity contribution is 0.0922. The second-order valence-electron chi connectivity index (χ2n) is 8.87. The second-order valence-corrected chi connectivity index (χ2v) is 11.7. The zero-order chi connectivity index (χ0) is 24.3. The lowest BCUT2D eigenvalue weighted by Gasteiger charge is -2.34. The van der Waals surface area contributed by atoms with Gasteiger partial charge in [0.2, 0.25) is 10.0 Å². The monoisotopic (exact) mass is 498 g/mol. The molecular formula is C25H30N4O3S2. The highest BCUT2D eigenvalue weighted by Gasteiger charge is 2.24. The number of sulfonamides is 1.